The first-order valence-corrected chi connectivity index (χ1v) is 6.43. The minimum Gasteiger partial charge on any atom is -0.317 e. The third kappa shape index (κ3) is 1.97. The molecule has 0 spiro atoms. The summed E-state index contributed by atoms with van der Waals surface area (Å²) < 4.78 is 1.30. The zero-order valence-electron chi connectivity index (χ0n) is 7.72. The molecule has 1 aliphatic carbocycles. The molecule has 1 fully saturated rings. The van der Waals surface area contributed by atoms with E-state index >= 15 is 0 Å². The molecule has 1 saturated carbocycles. The molecule has 1 aliphatic rings. The average molecular weight is 260 g/mol. The van der Waals surface area contributed by atoms with E-state index < -0.39 is 0 Å². The molecule has 0 radical (unpaired) electrons. The minimum atomic E-state index is 0.733. The average Bonchev–Trinajstić information content (AvgIpc) is 2.71. The molecule has 1 aromatic rings. The van der Waals surface area contributed by atoms with Crippen LogP contribution in [0.2, 0.25) is 0 Å². The van der Waals surface area contributed by atoms with Crippen molar-refractivity contribution in [3.63, 3.8) is 0 Å². The van der Waals surface area contributed by atoms with Crippen molar-refractivity contribution in [2.75, 3.05) is 7.05 Å². The van der Waals surface area contributed by atoms with E-state index in [1.54, 1.807) is 11.3 Å². The van der Waals surface area contributed by atoms with Crippen molar-refractivity contribution >= 4 is 27.3 Å². The van der Waals surface area contributed by atoms with Gasteiger partial charge in [0, 0.05) is 15.9 Å². The molecule has 2 rings (SSSR count). The summed E-state index contributed by atoms with van der Waals surface area (Å²) in [5.41, 5.74) is 1.52. The van der Waals surface area contributed by atoms with E-state index in [2.05, 4.69) is 39.1 Å². The Hall–Kier alpha value is 0.140. The van der Waals surface area contributed by atoms with Crippen molar-refractivity contribution in [3.05, 3.63) is 20.8 Å². The summed E-state index contributed by atoms with van der Waals surface area (Å²) in [6.07, 6.45) is 3.95. The highest BCUT2D eigenvalue weighted by Crippen LogP contribution is 2.39. The highest BCUT2D eigenvalue weighted by atomic mass is 79.9. The van der Waals surface area contributed by atoms with Gasteiger partial charge in [0.2, 0.25) is 0 Å². The Morgan fingerprint density at radius 3 is 2.85 bits per heavy atom. The highest BCUT2D eigenvalue weighted by Gasteiger charge is 2.26. The van der Waals surface area contributed by atoms with Gasteiger partial charge < -0.3 is 5.32 Å². The fraction of sp³-hybridized carbons (Fsp3) is 0.600. The van der Waals surface area contributed by atoms with Gasteiger partial charge in [0.1, 0.15) is 0 Å². The van der Waals surface area contributed by atoms with Crippen LogP contribution in [0.5, 0.6) is 0 Å². The van der Waals surface area contributed by atoms with Gasteiger partial charge in [-0.05, 0) is 59.1 Å². The van der Waals surface area contributed by atoms with Crippen LogP contribution in [0.25, 0.3) is 0 Å². The van der Waals surface area contributed by atoms with Crippen molar-refractivity contribution in [2.45, 2.75) is 31.2 Å². The summed E-state index contributed by atoms with van der Waals surface area (Å²) in [5, 5.41) is 7.83. The van der Waals surface area contributed by atoms with Crippen LogP contribution in [0.4, 0.5) is 0 Å². The number of thiophene rings is 1. The molecule has 2 unspecified atom stereocenters. The third-order valence-corrected chi connectivity index (χ3v) is 4.67. The predicted octanol–water partition coefficient (Wildman–Crippen LogP) is 3.37. The van der Waals surface area contributed by atoms with Gasteiger partial charge in [0.25, 0.3) is 0 Å². The summed E-state index contributed by atoms with van der Waals surface area (Å²) in [7, 11) is 2.07. The molecular formula is C10H14BrNS. The molecule has 3 heteroatoms. The van der Waals surface area contributed by atoms with Gasteiger partial charge in [0.05, 0.1) is 0 Å². The maximum absolute atomic E-state index is 3.61. The number of rotatable bonds is 2. The van der Waals surface area contributed by atoms with Crippen molar-refractivity contribution in [3.8, 4) is 0 Å². The Labute approximate surface area is 91.7 Å². The highest BCUT2D eigenvalue weighted by molar-refractivity contribution is 9.10. The van der Waals surface area contributed by atoms with E-state index in [0.29, 0.717) is 0 Å². The van der Waals surface area contributed by atoms with E-state index in [1.165, 1.54) is 29.3 Å². The topological polar surface area (TPSA) is 12.0 Å². The van der Waals surface area contributed by atoms with Crippen LogP contribution in [0, 0.1) is 0 Å². The fourth-order valence-electron chi connectivity index (χ4n) is 2.11. The number of hydrogen-bond acceptors (Lipinski definition) is 2. The lowest BCUT2D eigenvalue weighted by molar-refractivity contribution is 0.572. The third-order valence-electron chi connectivity index (χ3n) is 2.92. The van der Waals surface area contributed by atoms with Gasteiger partial charge in [-0.2, -0.15) is 11.3 Å². The molecule has 1 aromatic heterocycles. The second-order valence-corrected chi connectivity index (χ2v) is 5.27. The first kappa shape index (κ1) is 9.69. The largest absolute Gasteiger partial charge is 0.317 e. The zero-order valence-corrected chi connectivity index (χ0v) is 10.1. The molecule has 1 heterocycles. The Kier molecular flexibility index (Phi) is 3.06. The minimum absolute atomic E-state index is 0.733. The molecular weight excluding hydrogens is 246 g/mol. The van der Waals surface area contributed by atoms with Gasteiger partial charge in [-0.1, -0.05) is 0 Å². The first-order valence-electron chi connectivity index (χ1n) is 4.70. The SMILES string of the molecule is CNC1CCC(c2cscc2Br)C1. The summed E-state index contributed by atoms with van der Waals surface area (Å²) in [4.78, 5) is 0. The normalized spacial score (nSPS) is 28.2. The number of nitrogens with one attached hydrogen (secondary N) is 1. The van der Waals surface area contributed by atoms with E-state index in [-0.39, 0.29) is 0 Å². The maximum Gasteiger partial charge on any atom is 0.0317 e. The number of halogens is 1. The van der Waals surface area contributed by atoms with Gasteiger partial charge in [-0.3, -0.25) is 0 Å². The van der Waals surface area contributed by atoms with Gasteiger partial charge in [-0.15, -0.1) is 0 Å². The molecule has 0 saturated heterocycles. The molecule has 0 amide bonds. The molecule has 0 bridgehead atoms. The predicted molar refractivity (Wildman–Crippen MR) is 61.5 cm³/mol. The number of hydrogen-bond donors (Lipinski definition) is 1. The van der Waals surface area contributed by atoms with Crippen LogP contribution >= 0.6 is 27.3 Å². The van der Waals surface area contributed by atoms with E-state index in [1.807, 2.05) is 0 Å². The van der Waals surface area contributed by atoms with Crippen LogP contribution < -0.4 is 5.32 Å². The summed E-state index contributed by atoms with van der Waals surface area (Å²) in [6, 6.07) is 0.733. The van der Waals surface area contributed by atoms with Crippen LogP contribution in [0.15, 0.2) is 15.2 Å². The summed E-state index contributed by atoms with van der Waals surface area (Å²) in [5.74, 6) is 0.776. The smallest absolute Gasteiger partial charge is 0.0317 e. The lowest BCUT2D eigenvalue weighted by atomic mass is 10.0. The van der Waals surface area contributed by atoms with Crippen LogP contribution in [-0.4, -0.2) is 13.1 Å². The molecule has 2 atom stereocenters. The Bertz CT molecular complexity index is 284. The van der Waals surface area contributed by atoms with Crippen molar-refractivity contribution in [1.82, 2.24) is 5.32 Å². The second-order valence-electron chi connectivity index (χ2n) is 3.67. The van der Waals surface area contributed by atoms with E-state index in [0.717, 1.165) is 12.0 Å². The summed E-state index contributed by atoms with van der Waals surface area (Å²) in [6.45, 7) is 0. The first-order chi connectivity index (χ1) is 6.31. The van der Waals surface area contributed by atoms with Gasteiger partial charge >= 0.3 is 0 Å². The van der Waals surface area contributed by atoms with Crippen molar-refractivity contribution in [2.24, 2.45) is 0 Å². The van der Waals surface area contributed by atoms with E-state index in [4.69, 9.17) is 0 Å². The molecule has 1 nitrogen and oxygen atoms in total. The Morgan fingerprint density at radius 1 is 1.46 bits per heavy atom. The second kappa shape index (κ2) is 4.11. The molecule has 72 valence electrons. The Balaban J connectivity index is 2.08. The van der Waals surface area contributed by atoms with Gasteiger partial charge in [-0.25, -0.2) is 0 Å². The summed E-state index contributed by atoms with van der Waals surface area (Å²) >= 11 is 5.40. The quantitative estimate of drug-likeness (QED) is 0.859. The molecule has 0 aliphatic heterocycles. The monoisotopic (exact) mass is 259 g/mol. The zero-order chi connectivity index (χ0) is 9.26. The van der Waals surface area contributed by atoms with Crippen molar-refractivity contribution in [1.29, 1.82) is 0 Å². The van der Waals surface area contributed by atoms with Crippen molar-refractivity contribution < 1.29 is 0 Å². The standard InChI is InChI=1S/C10H14BrNS/c1-12-8-3-2-7(4-8)9-5-13-6-10(9)11/h5-8,12H,2-4H2,1H3. The van der Waals surface area contributed by atoms with Gasteiger partial charge in [0.15, 0.2) is 0 Å². The van der Waals surface area contributed by atoms with Crippen LogP contribution in [0.3, 0.4) is 0 Å². The van der Waals surface area contributed by atoms with Crippen LogP contribution in [-0.2, 0) is 0 Å². The molecule has 1 N–H and O–H groups in total. The lowest BCUT2D eigenvalue weighted by Crippen LogP contribution is -2.21. The Morgan fingerprint density at radius 2 is 2.31 bits per heavy atom. The van der Waals surface area contributed by atoms with Crippen LogP contribution in [0.1, 0.15) is 30.7 Å². The lowest BCUT2D eigenvalue weighted by Gasteiger charge is -2.09. The fourth-order valence-corrected chi connectivity index (χ4v) is 3.81. The maximum atomic E-state index is 3.61. The molecule has 13 heavy (non-hydrogen) atoms. The molecule has 0 aromatic carbocycles. The van der Waals surface area contributed by atoms with E-state index in [9.17, 15) is 0 Å².